The van der Waals surface area contributed by atoms with Gasteiger partial charge in [0.25, 0.3) is 0 Å². The first-order valence-corrected chi connectivity index (χ1v) is 19.5. The van der Waals surface area contributed by atoms with Crippen molar-refractivity contribution in [3.8, 4) is 0 Å². The molecule has 0 aliphatic carbocycles. The van der Waals surface area contributed by atoms with Crippen molar-refractivity contribution in [2.45, 2.75) is 59.3 Å². The standard InChI is InChI=1S/C21H25.C10H9.2C6H5.Si.Zr/c1-20(2,3)16-7-9-18-14(12-16)11-15-13-17(21(4,5)6)8-10-19(15)18;1-8-6-9-4-2-3-5-10(9)7-8;2*1-2-4-6-5-3-1;;/h7-13H,1-6H3;2-7H,1H3;2*1-5H;;/q4*-1;;. The van der Waals surface area contributed by atoms with Gasteiger partial charge in [0.1, 0.15) is 0 Å². The summed E-state index contributed by atoms with van der Waals surface area (Å²) >= 11 is 1.36. The second kappa shape index (κ2) is 17.4. The Kier molecular flexibility index (Phi) is 14.0. The summed E-state index contributed by atoms with van der Waals surface area (Å²) in [6.07, 6.45) is 0. The number of hydrogen-bond donors (Lipinski definition) is 0. The molecule has 0 amide bonds. The summed E-state index contributed by atoms with van der Waals surface area (Å²) in [6.45, 7) is 18.8. The van der Waals surface area contributed by atoms with Crippen LogP contribution >= 0.6 is 0 Å². The van der Waals surface area contributed by atoms with Gasteiger partial charge in [-0.25, -0.2) is 0 Å². The molecule has 2 radical (unpaired) electrons. The molecule has 0 spiro atoms. The molecule has 0 saturated heterocycles. The fraction of sp³-hybridized carbons (Fsp3) is 0.209. The molecular weight excluding hydrogens is 636 g/mol. The van der Waals surface area contributed by atoms with Crippen LogP contribution in [0.25, 0.3) is 32.3 Å². The van der Waals surface area contributed by atoms with Gasteiger partial charge < -0.3 is 0 Å². The first-order valence-electron chi connectivity index (χ1n) is 15.4. The summed E-state index contributed by atoms with van der Waals surface area (Å²) in [4.78, 5) is 0. The average molecular weight is 680 g/mol. The van der Waals surface area contributed by atoms with Crippen molar-refractivity contribution in [2.75, 3.05) is 0 Å². The van der Waals surface area contributed by atoms with Crippen molar-refractivity contribution < 1.29 is 23.3 Å². The van der Waals surface area contributed by atoms with Crippen molar-refractivity contribution >= 4 is 39.2 Å². The molecule has 0 nitrogen and oxygen atoms in total. The molecule has 0 aliphatic heterocycles. The summed E-state index contributed by atoms with van der Waals surface area (Å²) in [7, 11) is 0. The Morgan fingerprint density at radius 2 is 0.956 bits per heavy atom. The van der Waals surface area contributed by atoms with Crippen LogP contribution in [-0.4, -0.2) is 6.88 Å². The Morgan fingerprint density at radius 1 is 0.511 bits per heavy atom. The van der Waals surface area contributed by atoms with E-state index in [1.165, 1.54) is 72.3 Å². The van der Waals surface area contributed by atoms with Crippen LogP contribution in [0.1, 0.15) is 58.2 Å². The Bertz CT molecular complexity index is 1660. The molecule has 7 rings (SSSR count). The zero-order chi connectivity index (χ0) is 32.9. The van der Waals surface area contributed by atoms with Crippen LogP contribution in [0.15, 0.2) is 140 Å². The second-order valence-electron chi connectivity index (χ2n) is 13.1. The fourth-order valence-electron chi connectivity index (χ4n) is 4.95. The number of benzene rings is 5. The molecule has 0 atom stereocenters. The minimum Gasteiger partial charge on any atom is -0.184 e. The maximum absolute atomic E-state index is 3.06. The molecular formula is C43H44SiZr-4. The van der Waals surface area contributed by atoms with E-state index in [-0.39, 0.29) is 10.8 Å². The first kappa shape index (κ1) is 36.2. The van der Waals surface area contributed by atoms with E-state index >= 15 is 0 Å². The summed E-state index contributed by atoms with van der Waals surface area (Å²) in [6, 6.07) is 54.0. The molecule has 7 aromatic rings. The third-order valence-electron chi connectivity index (χ3n) is 7.41. The Balaban J connectivity index is 0.000000188. The monoisotopic (exact) mass is 678 g/mol. The van der Waals surface area contributed by atoms with E-state index in [0.29, 0.717) is 0 Å². The first-order chi connectivity index (χ1) is 21.5. The molecule has 0 unspecified atom stereocenters. The van der Waals surface area contributed by atoms with Crippen molar-refractivity contribution in [3.05, 3.63) is 168 Å². The molecule has 0 fully saturated rings. The fourth-order valence-corrected chi connectivity index (χ4v) is 4.95. The van der Waals surface area contributed by atoms with E-state index in [1.54, 1.807) is 0 Å². The molecule has 0 saturated carbocycles. The predicted octanol–water partition coefficient (Wildman–Crippen LogP) is 11.8. The molecule has 0 aliphatic rings. The quantitative estimate of drug-likeness (QED) is 0.111. The number of fused-ring (bicyclic) bond motifs is 4. The Labute approximate surface area is 288 Å². The van der Waals surface area contributed by atoms with Gasteiger partial charge in [0.2, 0.25) is 0 Å². The van der Waals surface area contributed by atoms with E-state index in [0.717, 1.165) is 0 Å². The van der Waals surface area contributed by atoms with Gasteiger partial charge in [0.05, 0.1) is 0 Å². The summed E-state index contributed by atoms with van der Waals surface area (Å²) in [5.41, 5.74) is 4.56. The van der Waals surface area contributed by atoms with Crippen molar-refractivity contribution in [2.24, 2.45) is 0 Å². The molecule has 228 valence electrons. The summed E-state index contributed by atoms with van der Waals surface area (Å²) < 4.78 is 0. The Morgan fingerprint density at radius 3 is 1.31 bits per heavy atom. The molecule has 45 heavy (non-hydrogen) atoms. The van der Waals surface area contributed by atoms with Gasteiger partial charge in [0.15, 0.2) is 0 Å². The van der Waals surface area contributed by atoms with E-state index in [4.69, 9.17) is 0 Å². The van der Waals surface area contributed by atoms with Crippen LogP contribution < -0.4 is 0 Å². The number of hydrogen-bond acceptors (Lipinski definition) is 0. The minimum absolute atomic E-state index is 0.203. The molecule has 0 aromatic heterocycles. The zero-order valence-electron chi connectivity index (χ0n) is 27.8. The van der Waals surface area contributed by atoms with Crippen molar-refractivity contribution in [3.63, 3.8) is 0 Å². The van der Waals surface area contributed by atoms with E-state index in [9.17, 15) is 0 Å². The molecule has 2 heteroatoms. The van der Waals surface area contributed by atoms with Crippen LogP contribution in [0.5, 0.6) is 0 Å². The van der Waals surface area contributed by atoms with Gasteiger partial charge in [0, 0.05) is 0 Å². The number of aryl methyl sites for hydroxylation is 1. The molecule has 0 heterocycles. The zero-order valence-corrected chi connectivity index (χ0v) is 31.2. The average Bonchev–Trinajstić information content (AvgIpc) is 3.62. The van der Waals surface area contributed by atoms with Gasteiger partial charge in [-0.2, -0.15) is 78.9 Å². The van der Waals surface area contributed by atoms with Crippen LogP contribution in [0, 0.1) is 19.1 Å². The third-order valence-corrected chi connectivity index (χ3v) is 7.41. The van der Waals surface area contributed by atoms with Gasteiger partial charge in [-0.05, 0) is 10.8 Å². The summed E-state index contributed by atoms with van der Waals surface area (Å²) in [5.74, 6) is 0. The summed E-state index contributed by atoms with van der Waals surface area (Å²) in [5, 5.41) is 8.17. The van der Waals surface area contributed by atoms with Crippen LogP contribution in [0.3, 0.4) is 0 Å². The predicted molar refractivity (Wildman–Crippen MR) is 195 cm³/mol. The van der Waals surface area contributed by atoms with Gasteiger partial charge in [-0.15, -0.1) is 80.3 Å². The minimum atomic E-state index is 0.203. The van der Waals surface area contributed by atoms with Crippen molar-refractivity contribution in [1.82, 2.24) is 0 Å². The number of rotatable bonds is 0. The third kappa shape index (κ3) is 11.2. The topological polar surface area (TPSA) is 0 Å². The smallest absolute Gasteiger partial charge is 0.171 e. The van der Waals surface area contributed by atoms with E-state index in [1.807, 2.05) is 60.7 Å². The van der Waals surface area contributed by atoms with Gasteiger partial charge in [-0.1, -0.05) is 89.9 Å². The molecule has 0 N–H and O–H groups in total. The van der Waals surface area contributed by atoms with Crippen molar-refractivity contribution in [1.29, 1.82) is 0 Å². The maximum Gasteiger partial charge on any atom is -0.171 e. The van der Waals surface area contributed by atoms with E-state index in [2.05, 4.69) is 146 Å². The largest absolute Gasteiger partial charge is 0.184 e. The van der Waals surface area contributed by atoms with Gasteiger partial charge in [-0.3, -0.25) is 0 Å². The second-order valence-corrected chi connectivity index (χ2v) is 13.1. The van der Waals surface area contributed by atoms with Crippen LogP contribution in [0.2, 0.25) is 0 Å². The molecule has 0 bridgehead atoms. The Hall–Kier alpha value is -3.32. The molecule has 7 aromatic carbocycles. The SMILES string of the molecule is CC(C)(C)c1ccc2c(c1)[cH-]c1cc(C(C)(C)C)ccc12.Cc1cc2ccccc2[cH-]1.[Si]=[Zr].[c-]1ccccc1.[c-]1ccccc1. The van der Waals surface area contributed by atoms with Crippen LogP contribution in [0.4, 0.5) is 0 Å². The van der Waals surface area contributed by atoms with Crippen LogP contribution in [-0.2, 0) is 34.2 Å². The van der Waals surface area contributed by atoms with Gasteiger partial charge >= 0.3 is 30.2 Å². The normalized spacial score (nSPS) is 10.7. The maximum atomic E-state index is 3.06. The van der Waals surface area contributed by atoms with E-state index < -0.39 is 0 Å².